The van der Waals surface area contributed by atoms with Crippen molar-refractivity contribution in [3.63, 3.8) is 0 Å². The minimum absolute atomic E-state index is 0.285. The van der Waals surface area contributed by atoms with Crippen LogP contribution in [0.1, 0.15) is 26.2 Å². The first-order chi connectivity index (χ1) is 10.8. The van der Waals surface area contributed by atoms with E-state index in [-0.39, 0.29) is 5.91 Å². The molecular formula is C15H26N6O. The van der Waals surface area contributed by atoms with Crippen LogP contribution in [0.5, 0.6) is 0 Å². The second-order valence-corrected chi connectivity index (χ2v) is 5.29. The van der Waals surface area contributed by atoms with Gasteiger partial charge in [-0.15, -0.1) is 0 Å². The van der Waals surface area contributed by atoms with Crippen LogP contribution in [0.4, 0.5) is 0 Å². The molecule has 2 heterocycles. The maximum atomic E-state index is 11.5. The van der Waals surface area contributed by atoms with Gasteiger partial charge in [0.2, 0.25) is 5.91 Å². The number of nitrogens with zero attached hydrogens (tertiary/aromatic N) is 4. The van der Waals surface area contributed by atoms with Crippen LogP contribution in [0.15, 0.2) is 23.5 Å². The summed E-state index contributed by atoms with van der Waals surface area (Å²) in [5.74, 6) is 1.11. The fraction of sp³-hybridized carbons (Fsp3) is 0.667. The number of hydrogen-bond donors (Lipinski definition) is 2. The zero-order chi connectivity index (χ0) is 15.6. The normalized spacial score (nSPS) is 15.4. The van der Waals surface area contributed by atoms with Crippen LogP contribution >= 0.6 is 0 Å². The number of rotatable bonds is 8. The largest absolute Gasteiger partial charge is 0.357 e. The molecule has 122 valence electrons. The number of nitrogens with one attached hydrogen (secondary N) is 2. The van der Waals surface area contributed by atoms with Gasteiger partial charge in [0.15, 0.2) is 5.96 Å². The van der Waals surface area contributed by atoms with E-state index in [2.05, 4.69) is 20.7 Å². The molecule has 1 aliphatic heterocycles. The summed E-state index contributed by atoms with van der Waals surface area (Å²) in [7, 11) is 0. The molecule has 7 nitrogen and oxygen atoms in total. The molecule has 0 bridgehead atoms. The fourth-order valence-corrected chi connectivity index (χ4v) is 2.46. The Kier molecular flexibility index (Phi) is 6.73. The predicted octanol–water partition coefficient (Wildman–Crippen LogP) is 0.451. The van der Waals surface area contributed by atoms with Crippen LogP contribution < -0.4 is 10.6 Å². The summed E-state index contributed by atoms with van der Waals surface area (Å²) >= 11 is 0. The lowest BCUT2D eigenvalue weighted by atomic mass is 10.4. The average molecular weight is 306 g/mol. The van der Waals surface area contributed by atoms with Gasteiger partial charge in [-0.2, -0.15) is 5.10 Å². The zero-order valence-electron chi connectivity index (χ0n) is 13.3. The topological polar surface area (TPSA) is 74.6 Å². The number of guanidine groups is 1. The summed E-state index contributed by atoms with van der Waals surface area (Å²) in [5, 5.41) is 10.7. The van der Waals surface area contributed by atoms with Gasteiger partial charge >= 0.3 is 0 Å². The Balaban J connectivity index is 1.66. The molecule has 0 aliphatic carbocycles. The Morgan fingerprint density at radius 2 is 2.32 bits per heavy atom. The van der Waals surface area contributed by atoms with Crippen LogP contribution in [0, 0.1) is 0 Å². The van der Waals surface area contributed by atoms with Gasteiger partial charge in [0.05, 0.1) is 6.54 Å². The molecule has 0 aromatic carbocycles. The van der Waals surface area contributed by atoms with Crippen molar-refractivity contribution in [3.8, 4) is 0 Å². The van der Waals surface area contributed by atoms with Crippen molar-refractivity contribution < 1.29 is 4.79 Å². The summed E-state index contributed by atoms with van der Waals surface area (Å²) in [5.41, 5.74) is 0. The van der Waals surface area contributed by atoms with Gasteiger partial charge in [-0.05, 0) is 25.8 Å². The Morgan fingerprint density at radius 1 is 1.41 bits per heavy atom. The summed E-state index contributed by atoms with van der Waals surface area (Å²) in [6.45, 7) is 6.91. The second-order valence-electron chi connectivity index (χ2n) is 5.29. The first-order valence-electron chi connectivity index (χ1n) is 8.07. The average Bonchev–Trinajstić information content (AvgIpc) is 3.15. The smallest absolute Gasteiger partial charge is 0.222 e. The quantitative estimate of drug-likeness (QED) is 0.415. The summed E-state index contributed by atoms with van der Waals surface area (Å²) in [6.07, 6.45) is 6.33. The molecule has 0 unspecified atom stereocenters. The number of carbonyl (C=O) groups excluding carboxylic acids is 1. The Morgan fingerprint density at radius 3 is 3.00 bits per heavy atom. The van der Waals surface area contributed by atoms with Gasteiger partial charge in [-0.3, -0.25) is 14.5 Å². The van der Waals surface area contributed by atoms with Gasteiger partial charge in [-0.25, -0.2) is 0 Å². The van der Waals surface area contributed by atoms with Gasteiger partial charge in [0.25, 0.3) is 0 Å². The molecule has 1 aliphatic rings. The van der Waals surface area contributed by atoms with Gasteiger partial charge < -0.3 is 15.5 Å². The molecule has 1 amide bonds. The van der Waals surface area contributed by atoms with E-state index in [4.69, 9.17) is 0 Å². The predicted molar refractivity (Wildman–Crippen MR) is 86.6 cm³/mol. The second kappa shape index (κ2) is 9.07. The van der Waals surface area contributed by atoms with E-state index in [0.29, 0.717) is 6.42 Å². The number of hydrogen-bond acceptors (Lipinski definition) is 3. The van der Waals surface area contributed by atoms with Crippen LogP contribution in [0.25, 0.3) is 0 Å². The third kappa shape index (κ3) is 5.38. The molecule has 0 atom stereocenters. The molecule has 0 radical (unpaired) electrons. The fourth-order valence-electron chi connectivity index (χ4n) is 2.46. The highest BCUT2D eigenvalue weighted by Gasteiger charge is 2.18. The van der Waals surface area contributed by atoms with Gasteiger partial charge in [-0.1, -0.05) is 0 Å². The Bertz CT molecular complexity index is 470. The maximum absolute atomic E-state index is 11.5. The van der Waals surface area contributed by atoms with Crippen LogP contribution in [-0.4, -0.2) is 59.3 Å². The highest BCUT2D eigenvalue weighted by atomic mass is 16.2. The molecule has 0 saturated carbocycles. The molecular weight excluding hydrogens is 280 g/mol. The Labute approximate surface area is 131 Å². The number of carbonyl (C=O) groups is 1. The standard InChI is InChI=1S/C15H26N6O/c1-2-16-15(18-9-13-21-12-5-8-19-21)17-7-4-11-20-10-3-6-14(20)22/h5,8,12H,2-4,6-7,9-11,13H2,1H3,(H2,16,17,18). The zero-order valence-corrected chi connectivity index (χ0v) is 13.3. The van der Waals surface area contributed by atoms with Gasteiger partial charge in [0.1, 0.15) is 0 Å². The van der Waals surface area contributed by atoms with Crippen LogP contribution in [0.2, 0.25) is 0 Å². The first kappa shape index (κ1) is 16.3. The van der Waals surface area contributed by atoms with E-state index in [1.165, 1.54) is 0 Å². The van der Waals surface area contributed by atoms with Crippen molar-refractivity contribution in [1.29, 1.82) is 0 Å². The molecule has 1 aromatic rings. The summed E-state index contributed by atoms with van der Waals surface area (Å²) < 4.78 is 1.88. The first-order valence-corrected chi connectivity index (χ1v) is 8.07. The van der Waals surface area contributed by atoms with E-state index in [1.54, 1.807) is 6.20 Å². The number of aromatic nitrogens is 2. The monoisotopic (exact) mass is 306 g/mol. The SMILES string of the molecule is CCNC(=NCCCN1CCCC1=O)NCCn1cccn1. The molecule has 22 heavy (non-hydrogen) atoms. The van der Waals surface area contributed by atoms with Crippen LogP contribution in [0.3, 0.4) is 0 Å². The van der Waals surface area contributed by atoms with E-state index < -0.39 is 0 Å². The van der Waals surface area contributed by atoms with Gasteiger partial charge in [0, 0.05) is 51.5 Å². The van der Waals surface area contributed by atoms with Crippen LogP contribution in [-0.2, 0) is 11.3 Å². The van der Waals surface area contributed by atoms with E-state index in [9.17, 15) is 4.79 Å². The van der Waals surface area contributed by atoms with Crippen molar-refractivity contribution in [1.82, 2.24) is 25.3 Å². The van der Waals surface area contributed by atoms with E-state index in [1.807, 2.05) is 28.8 Å². The number of aliphatic imine (C=N–C) groups is 1. The van der Waals surface area contributed by atoms with E-state index >= 15 is 0 Å². The molecule has 2 rings (SSSR count). The molecule has 2 N–H and O–H groups in total. The highest BCUT2D eigenvalue weighted by molar-refractivity contribution is 5.79. The molecule has 1 saturated heterocycles. The molecule has 1 aromatic heterocycles. The molecule has 7 heteroatoms. The lowest BCUT2D eigenvalue weighted by Gasteiger charge is -2.15. The van der Waals surface area contributed by atoms with Crippen molar-refractivity contribution in [2.24, 2.45) is 4.99 Å². The van der Waals surface area contributed by atoms with Crippen molar-refractivity contribution >= 4 is 11.9 Å². The minimum atomic E-state index is 0.285. The van der Waals surface area contributed by atoms with Crippen molar-refractivity contribution in [2.45, 2.75) is 32.7 Å². The summed E-state index contributed by atoms with van der Waals surface area (Å²) in [4.78, 5) is 18.0. The minimum Gasteiger partial charge on any atom is -0.357 e. The third-order valence-corrected chi connectivity index (χ3v) is 3.56. The molecule has 1 fully saturated rings. The van der Waals surface area contributed by atoms with Crippen molar-refractivity contribution in [2.75, 3.05) is 32.7 Å². The van der Waals surface area contributed by atoms with E-state index in [0.717, 1.165) is 58.1 Å². The lowest BCUT2D eigenvalue weighted by molar-refractivity contribution is -0.127. The number of amides is 1. The summed E-state index contributed by atoms with van der Waals surface area (Å²) in [6, 6.07) is 1.92. The number of likely N-dealkylation sites (tertiary alicyclic amines) is 1. The lowest BCUT2D eigenvalue weighted by Crippen LogP contribution is -2.39. The Hall–Kier alpha value is -2.05. The maximum Gasteiger partial charge on any atom is 0.222 e. The van der Waals surface area contributed by atoms with Crippen molar-refractivity contribution in [3.05, 3.63) is 18.5 Å². The third-order valence-electron chi connectivity index (χ3n) is 3.56. The highest BCUT2D eigenvalue weighted by Crippen LogP contribution is 2.09. The molecule has 0 spiro atoms.